The summed E-state index contributed by atoms with van der Waals surface area (Å²) in [6.45, 7) is 7.49. The van der Waals surface area contributed by atoms with Crippen molar-refractivity contribution in [1.29, 1.82) is 0 Å². The summed E-state index contributed by atoms with van der Waals surface area (Å²) < 4.78 is 9.98. The third kappa shape index (κ3) is 6.91. The number of esters is 2. The molecule has 6 nitrogen and oxygen atoms in total. The number of hydrogen-bond donors (Lipinski definition) is 2. The summed E-state index contributed by atoms with van der Waals surface area (Å²) in [7, 11) is 0. The topological polar surface area (TPSA) is 90.6 Å². The van der Waals surface area contributed by atoms with Crippen LogP contribution >= 0.6 is 0 Å². The van der Waals surface area contributed by atoms with Gasteiger partial charge in [0, 0.05) is 6.54 Å². The second-order valence-corrected chi connectivity index (χ2v) is 4.58. The number of nitrogens with two attached hydrogens (primary N) is 1. The van der Waals surface area contributed by atoms with Crippen LogP contribution in [0.5, 0.6) is 0 Å². The van der Waals surface area contributed by atoms with Gasteiger partial charge >= 0.3 is 11.9 Å². The second kappa shape index (κ2) is 7.24. The van der Waals surface area contributed by atoms with Crippen molar-refractivity contribution < 1.29 is 19.1 Å². The smallest absolute Gasteiger partial charge is 0.320 e. The fourth-order valence-corrected chi connectivity index (χ4v) is 1.18. The van der Waals surface area contributed by atoms with E-state index in [-0.39, 0.29) is 13.0 Å². The zero-order valence-electron chi connectivity index (χ0n) is 10.9. The highest BCUT2D eigenvalue weighted by molar-refractivity contribution is 5.95. The molecule has 0 aliphatic heterocycles. The Morgan fingerprint density at radius 1 is 1.29 bits per heavy atom. The average Bonchev–Trinajstić information content (AvgIpc) is 2.15. The summed E-state index contributed by atoms with van der Waals surface area (Å²) >= 11 is 0. The molecule has 0 aromatic rings. The van der Waals surface area contributed by atoms with Crippen molar-refractivity contribution in [3.8, 4) is 0 Å². The maximum atomic E-state index is 11.8. The molecule has 0 aliphatic carbocycles. The first kappa shape index (κ1) is 15.9. The van der Waals surface area contributed by atoms with E-state index in [0.717, 1.165) is 0 Å². The molecule has 0 fully saturated rings. The van der Waals surface area contributed by atoms with E-state index in [2.05, 4.69) is 5.43 Å². The molecule has 0 rings (SSSR count). The van der Waals surface area contributed by atoms with Crippen LogP contribution in [-0.4, -0.2) is 30.7 Å². The summed E-state index contributed by atoms with van der Waals surface area (Å²) in [4.78, 5) is 23.4. The molecule has 100 valence electrons. The van der Waals surface area contributed by atoms with Gasteiger partial charge in [0.1, 0.15) is 5.60 Å². The van der Waals surface area contributed by atoms with Gasteiger partial charge in [0.2, 0.25) is 0 Å². The van der Waals surface area contributed by atoms with Crippen LogP contribution in [0.2, 0.25) is 0 Å². The normalized spacial score (nSPS) is 13.0. The first-order chi connectivity index (χ1) is 7.81. The molecule has 0 amide bonds. The van der Waals surface area contributed by atoms with Gasteiger partial charge in [-0.05, 0) is 34.1 Å². The highest BCUT2D eigenvalue weighted by atomic mass is 16.6. The van der Waals surface area contributed by atoms with E-state index in [4.69, 9.17) is 15.3 Å². The lowest BCUT2D eigenvalue weighted by Crippen LogP contribution is -2.36. The molecule has 17 heavy (non-hydrogen) atoms. The van der Waals surface area contributed by atoms with Crippen LogP contribution < -0.4 is 11.3 Å². The Morgan fingerprint density at radius 2 is 1.88 bits per heavy atom. The van der Waals surface area contributed by atoms with Gasteiger partial charge < -0.3 is 9.47 Å². The third-order valence-corrected chi connectivity index (χ3v) is 1.84. The SMILES string of the molecule is CCOC(=O)C(CCNN)C(=O)OC(C)(C)C. The minimum Gasteiger partial charge on any atom is -0.465 e. The Labute approximate surface area is 102 Å². The predicted molar refractivity (Wildman–Crippen MR) is 62.8 cm³/mol. The van der Waals surface area contributed by atoms with Gasteiger partial charge in [0.05, 0.1) is 6.61 Å². The van der Waals surface area contributed by atoms with Gasteiger partial charge in [0.15, 0.2) is 5.92 Å². The molecule has 0 saturated heterocycles. The molecule has 0 saturated carbocycles. The Hall–Kier alpha value is -1.14. The zero-order chi connectivity index (χ0) is 13.5. The first-order valence-corrected chi connectivity index (χ1v) is 5.64. The Balaban J connectivity index is 4.55. The van der Waals surface area contributed by atoms with Crippen LogP contribution in [0, 0.1) is 5.92 Å². The lowest BCUT2D eigenvalue weighted by Gasteiger charge is -2.23. The van der Waals surface area contributed by atoms with E-state index in [1.807, 2.05) is 0 Å². The van der Waals surface area contributed by atoms with Crippen molar-refractivity contribution >= 4 is 11.9 Å². The fourth-order valence-electron chi connectivity index (χ4n) is 1.18. The molecule has 6 heteroatoms. The molecule has 0 aromatic carbocycles. The van der Waals surface area contributed by atoms with E-state index >= 15 is 0 Å². The minimum absolute atomic E-state index is 0.230. The van der Waals surface area contributed by atoms with Crippen LogP contribution in [0.3, 0.4) is 0 Å². The zero-order valence-corrected chi connectivity index (χ0v) is 10.9. The van der Waals surface area contributed by atoms with Gasteiger partial charge in [-0.1, -0.05) is 0 Å². The van der Waals surface area contributed by atoms with Crippen molar-refractivity contribution in [2.45, 2.75) is 39.7 Å². The molecule has 3 N–H and O–H groups in total. The molecule has 1 unspecified atom stereocenters. The Bertz CT molecular complexity index is 261. The summed E-state index contributed by atoms with van der Waals surface area (Å²) in [6, 6.07) is 0. The second-order valence-electron chi connectivity index (χ2n) is 4.58. The van der Waals surface area contributed by atoms with E-state index in [1.165, 1.54) is 0 Å². The molecule has 0 aromatic heterocycles. The lowest BCUT2D eigenvalue weighted by atomic mass is 10.1. The van der Waals surface area contributed by atoms with E-state index in [9.17, 15) is 9.59 Å². The van der Waals surface area contributed by atoms with Crippen molar-refractivity contribution in [3.05, 3.63) is 0 Å². The summed E-state index contributed by atoms with van der Waals surface area (Å²) in [5.74, 6) is 3.05. The molecule has 0 aliphatic rings. The predicted octanol–water partition coefficient (Wildman–Crippen LogP) is 0.361. The maximum Gasteiger partial charge on any atom is 0.320 e. The average molecular weight is 246 g/mol. The van der Waals surface area contributed by atoms with Crippen LogP contribution in [0.1, 0.15) is 34.1 Å². The van der Waals surface area contributed by atoms with Gasteiger partial charge in [-0.3, -0.25) is 20.9 Å². The summed E-state index contributed by atoms with van der Waals surface area (Å²) in [5.41, 5.74) is 1.77. The van der Waals surface area contributed by atoms with Crippen LogP contribution in [0.25, 0.3) is 0 Å². The number of nitrogens with one attached hydrogen (secondary N) is 1. The third-order valence-electron chi connectivity index (χ3n) is 1.84. The minimum atomic E-state index is -0.926. The number of hydrogen-bond acceptors (Lipinski definition) is 6. The standard InChI is InChI=1S/C11H22N2O4/c1-5-16-9(14)8(6-7-13-12)10(15)17-11(2,3)4/h8,13H,5-7,12H2,1-4H3. The lowest BCUT2D eigenvalue weighted by molar-refractivity contribution is -0.169. The monoisotopic (exact) mass is 246 g/mol. The van der Waals surface area contributed by atoms with E-state index < -0.39 is 23.5 Å². The van der Waals surface area contributed by atoms with Crippen LogP contribution in [-0.2, 0) is 19.1 Å². The van der Waals surface area contributed by atoms with Crippen molar-refractivity contribution in [1.82, 2.24) is 5.43 Å². The number of rotatable bonds is 6. The molecule has 0 spiro atoms. The van der Waals surface area contributed by atoms with Crippen molar-refractivity contribution in [2.24, 2.45) is 11.8 Å². The summed E-state index contributed by atoms with van der Waals surface area (Å²) in [5, 5.41) is 0. The van der Waals surface area contributed by atoms with Gasteiger partial charge in [-0.15, -0.1) is 0 Å². The largest absolute Gasteiger partial charge is 0.465 e. The molecular formula is C11H22N2O4. The number of ether oxygens (including phenoxy) is 2. The van der Waals surface area contributed by atoms with Gasteiger partial charge in [-0.25, -0.2) is 0 Å². The molecular weight excluding hydrogens is 224 g/mol. The number of carbonyl (C=O) groups is 2. The Morgan fingerprint density at radius 3 is 2.29 bits per heavy atom. The number of hydrazine groups is 1. The van der Waals surface area contributed by atoms with Gasteiger partial charge in [0.25, 0.3) is 0 Å². The summed E-state index contributed by atoms with van der Waals surface area (Å²) in [6.07, 6.45) is 0.254. The number of carbonyl (C=O) groups excluding carboxylic acids is 2. The van der Waals surface area contributed by atoms with Gasteiger partial charge in [-0.2, -0.15) is 0 Å². The first-order valence-electron chi connectivity index (χ1n) is 5.64. The Kier molecular flexibility index (Phi) is 6.75. The highest BCUT2D eigenvalue weighted by Gasteiger charge is 2.31. The van der Waals surface area contributed by atoms with E-state index in [1.54, 1.807) is 27.7 Å². The highest BCUT2D eigenvalue weighted by Crippen LogP contribution is 2.14. The van der Waals surface area contributed by atoms with Crippen molar-refractivity contribution in [2.75, 3.05) is 13.2 Å². The van der Waals surface area contributed by atoms with E-state index in [0.29, 0.717) is 6.54 Å². The molecule has 1 atom stereocenters. The molecule has 0 radical (unpaired) electrons. The van der Waals surface area contributed by atoms with Crippen LogP contribution in [0.4, 0.5) is 0 Å². The fraction of sp³-hybridized carbons (Fsp3) is 0.818. The molecule has 0 bridgehead atoms. The maximum absolute atomic E-state index is 11.8. The van der Waals surface area contributed by atoms with Crippen molar-refractivity contribution in [3.63, 3.8) is 0 Å². The quantitative estimate of drug-likeness (QED) is 0.304. The molecule has 0 heterocycles. The van der Waals surface area contributed by atoms with Crippen LogP contribution in [0.15, 0.2) is 0 Å².